The fourth-order valence-corrected chi connectivity index (χ4v) is 1.54. The first-order chi connectivity index (χ1) is 10.1. The molecule has 1 aromatic carbocycles. The van der Waals surface area contributed by atoms with E-state index in [1.807, 2.05) is 6.92 Å². The molecule has 0 bridgehead atoms. The fraction of sp³-hybridized carbons (Fsp3) is 0.333. The second kappa shape index (κ2) is 8.72. The van der Waals surface area contributed by atoms with Gasteiger partial charge in [-0.05, 0) is 24.6 Å². The van der Waals surface area contributed by atoms with Gasteiger partial charge in [-0.15, -0.1) is 0 Å². The maximum atomic E-state index is 13.2. The average Bonchev–Trinajstić information content (AvgIpc) is 2.48. The van der Waals surface area contributed by atoms with Crippen LogP contribution >= 0.6 is 0 Å². The maximum Gasteiger partial charge on any atom is 0.252 e. The van der Waals surface area contributed by atoms with Crippen molar-refractivity contribution in [3.63, 3.8) is 0 Å². The van der Waals surface area contributed by atoms with Gasteiger partial charge in [0, 0.05) is 12.1 Å². The van der Waals surface area contributed by atoms with Gasteiger partial charge in [0.05, 0.1) is 12.1 Å². The predicted molar refractivity (Wildman–Crippen MR) is 76.0 cm³/mol. The summed E-state index contributed by atoms with van der Waals surface area (Å²) >= 11 is 0. The lowest BCUT2D eigenvalue weighted by Gasteiger charge is -2.07. The highest BCUT2D eigenvalue weighted by Crippen LogP contribution is 2.10. The van der Waals surface area contributed by atoms with Crippen LogP contribution in [0.4, 0.5) is 4.39 Å². The minimum Gasteiger partial charge on any atom is -0.384 e. The Balaban J connectivity index is 2.75. The Labute approximate surface area is 122 Å². The summed E-state index contributed by atoms with van der Waals surface area (Å²) in [6.07, 6.45) is 0.804. The number of aliphatic hydroxyl groups excluding tert-OH is 1. The molecule has 5 nitrogen and oxygen atoms in total. The highest BCUT2D eigenvalue weighted by Gasteiger charge is 2.12. The zero-order valence-corrected chi connectivity index (χ0v) is 11.7. The van der Waals surface area contributed by atoms with Crippen LogP contribution in [0.25, 0.3) is 0 Å². The van der Waals surface area contributed by atoms with Crippen molar-refractivity contribution in [1.29, 1.82) is 0 Å². The van der Waals surface area contributed by atoms with Crippen molar-refractivity contribution >= 4 is 11.8 Å². The van der Waals surface area contributed by atoms with Crippen LogP contribution in [0.2, 0.25) is 0 Å². The molecule has 0 saturated carbocycles. The molecule has 0 spiro atoms. The van der Waals surface area contributed by atoms with Crippen molar-refractivity contribution in [3.05, 3.63) is 35.1 Å². The second-order valence-electron chi connectivity index (χ2n) is 4.18. The molecule has 6 heteroatoms. The summed E-state index contributed by atoms with van der Waals surface area (Å²) in [7, 11) is 0. The summed E-state index contributed by atoms with van der Waals surface area (Å²) in [6, 6.07) is 3.53. The van der Waals surface area contributed by atoms with Crippen molar-refractivity contribution in [3.8, 4) is 11.8 Å². The normalized spacial score (nSPS) is 9.48. The van der Waals surface area contributed by atoms with E-state index < -0.39 is 18.3 Å². The minimum atomic E-state index is -0.533. The van der Waals surface area contributed by atoms with Gasteiger partial charge in [0.25, 0.3) is 5.91 Å². The average molecular weight is 292 g/mol. The van der Waals surface area contributed by atoms with Gasteiger partial charge in [0.2, 0.25) is 5.91 Å². The van der Waals surface area contributed by atoms with Crippen LogP contribution in [0.1, 0.15) is 29.3 Å². The van der Waals surface area contributed by atoms with Gasteiger partial charge in [-0.1, -0.05) is 18.8 Å². The molecule has 0 aromatic heterocycles. The zero-order chi connectivity index (χ0) is 15.7. The largest absolute Gasteiger partial charge is 0.384 e. The first-order valence-corrected chi connectivity index (χ1v) is 6.52. The molecular weight excluding hydrogens is 275 g/mol. The van der Waals surface area contributed by atoms with E-state index in [9.17, 15) is 14.0 Å². The number of hydrogen-bond acceptors (Lipinski definition) is 3. The summed E-state index contributed by atoms with van der Waals surface area (Å²) in [4.78, 5) is 23.4. The van der Waals surface area contributed by atoms with Crippen LogP contribution < -0.4 is 10.6 Å². The van der Waals surface area contributed by atoms with E-state index in [0.717, 1.165) is 18.6 Å². The molecule has 0 atom stereocenters. The zero-order valence-electron chi connectivity index (χ0n) is 11.7. The number of aliphatic hydroxyl groups is 1. The lowest BCUT2D eigenvalue weighted by Crippen LogP contribution is -2.37. The van der Waals surface area contributed by atoms with Crippen molar-refractivity contribution in [2.75, 3.05) is 19.7 Å². The van der Waals surface area contributed by atoms with Crippen LogP contribution in [-0.2, 0) is 4.79 Å². The van der Waals surface area contributed by atoms with Crippen LogP contribution in [0.5, 0.6) is 0 Å². The quantitative estimate of drug-likeness (QED) is 0.689. The van der Waals surface area contributed by atoms with Gasteiger partial charge < -0.3 is 15.7 Å². The number of benzene rings is 1. The van der Waals surface area contributed by atoms with E-state index in [-0.39, 0.29) is 23.6 Å². The molecule has 0 saturated heterocycles. The molecule has 1 rings (SSSR count). The number of halogens is 1. The summed E-state index contributed by atoms with van der Waals surface area (Å²) in [5, 5.41) is 13.7. The Morgan fingerprint density at radius 1 is 1.33 bits per heavy atom. The molecule has 0 fully saturated rings. The number of carbonyl (C=O) groups excluding carboxylic acids is 2. The van der Waals surface area contributed by atoms with Crippen LogP contribution in [0.3, 0.4) is 0 Å². The molecule has 0 aliphatic carbocycles. The molecular formula is C15H17FN2O3. The van der Waals surface area contributed by atoms with E-state index in [0.29, 0.717) is 6.54 Å². The van der Waals surface area contributed by atoms with Gasteiger partial charge in [0.15, 0.2) is 0 Å². The van der Waals surface area contributed by atoms with Crippen LogP contribution in [0.15, 0.2) is 18.2 Å². The van der Waals surface area contributed by atoms with E-state index in [1.54, 1.807) is 0 Å². The van der Waals surface area contributed by atoms with E-state index in [4.69, 9.17) is 5.11 Å². The summed E-state index contributed by atoms with van der Waals surface area (Å²) < 4.78 is 13.2. The molecule has 112 valence electrons. The van der Waals surface area contributed by atoms with Crippen LogP contribution in [0, 0.1) is 17.7 Å². The Bertz CT molecular complexity index is 576. The number of rotatable bonds is 5. The SMILES string of the molecule is CCCNC(=O)CNC(=O)c1ccc(F)cc1C#CCO. The van der Waals surface area contributed by atoms with Gasteiger partial charge in [-0.25, -0.2) is 4.39 Å². The topological polar surface area (TPSA) is 78.4 Å². The monoisotopic (exact) mass is 292 g/mol. The van der Waals surface area contributed by atoms with Gasteiger partial charge in [-0.3, -0.25) is 9.59 Å². The molecule has 3 N–H and O–H groups in total. The molecule has 0 aliphatic rings. The van der Waals surface area contributed by atoms with Crippen LogP contribution in [-0.4, -0.2) is 36.6 Å². The Hall–Kier alpha value is -2.39. The third-order valence-corrected chi connectivity index (χ3v) is 2.51. The molecule has 21 heavy (non-hydrogen) atoms. The fourth-order valence-electron chi connectivity index (χ4n) is 1.54. The van der Waals surface area contributed by atoms with Gasteiger partial charge in [0.1, 0.15) is 12.4 Å². The van der Waals surface area contributed by atoms with Crippen molar-refractivity contribution in [2.24, 2.45) is 0 Å². The lowest BCUT2D eigenvalue weighted by atomic mass is 10.1. The van der Waals surface area contributed by atoms with E-state index in [2.05, 4.69) is 22.5 Å². The smallest absolute Gasteiger partial charge is 0.252 e. The Kier molecular flexibility index (Phi) is 6.92. The van der Waals surface area contributed by atoms with E-state index >= 15 is 0 Å². The van der Waals surface area contributed by atoms with Crippen molar-refractivity contribution in [2.45, 2.75) is 13.3 Å². The Morgan fingerprint density at radius 3 is 2.76 bits per heavy atom. The molecule has 0 heterocycles. The molecule has 1 aromatic rings. The predicted octanol–water partition coefficient (Wildman–Crippen LogP) is 0.425. The third-order valence-electron chi connectivity index (χ3n) is 2.51. The summed E-state index contributed by atoms with van der Waals surface area (Å²) in [6.45, 7) is 1.90. The second-order valence-corrected chi connectivity index (χ2v) is 4.18. The first kappa shape index (κ1) is 16.7. The minimum absolute atomic E-state index is 0.153. The lowest BCUT2D eigenvalue weighted by molar-refractivity contribution is -0.120. The highest BCUT2D eigenvalue weighted by molar-refractivity contribution is 5.98. The summed E-state index contributed by atoms with van der Waals surface area (Å²) in [5.41, 5.74) is 0.316. The standard InChI is InChI=1S/C15H17FN2O3/c1-2-7-17-14(20)10-18-15(21)13-6-5-12(16)9-11(13)4-3-8-19/h5-6,9,19H,2,7-8,10H2,1H3,(H,17,20)(H,18,21). The molecule has 0 aliphatic heterocycles. The molecule has 2 amide bonds. The maximum absolute atomic E-state index is 13.2. The van der Waals surface area contributed by atoms with Crippen molar-refractivity contribution in [1.82, 2.24) is 10.6 Å². The molecule has 0 unspecified atom stereocenters. The highest BCUT2D eigenvalue weighted by atomic mass is 19.1. The Morgan fingerprint density at radius 2 is 2.10 bits per heavy atom. The molecule has 0 radical (unpaired) electrons. The first-order valence-electron chi connectivity index (χ1n) is 6.52. The number of hydrogen-bond donors (Lipinski definition) is 3. The van der Waals surface area contributed by atoms with E-state index in [1.165, 1.54) is 6.07 Å². The number of nitrogens with one attached hydrogen (secondary N) is 2. The number of carbonyl (C=O) groups is 2. The summed E-state index contributed by atoms with van der Waals surface area (Å²) in [5.74, 6) is 3.51. The van der Waals surface area contributed by atoms with Crippen molar-refractivity contribution < 1.29 is 19.1 Å². The van der Waals surface area contributed by atoms with Gasteiger partial charge >= 0.3 is 0 Å². The van der Waals surface area contributed by atoms with Gasteiger partial charge in [-0.2, -0.15) is 0 Å². The third kappa shape index (κ3) is 5.63. The number of amides is 2.